The van der Waals surface area contributed by atoms with E-state index in [4.69, 9.17) is 11.1 Å². The molecule has 0 saturated heterocycles. The van der Waals surface area contributed by atoms with Crippen LogP contribution in [-0.4, -0.2) is 18.4 Å². The molecule has 0 heterocycles. The summed E-state index contributed by atoms with van der Waals surface area (Å²) in [6.45, 7) is 2.43. The van der Waals surface area contributed by atoms with Crippen LogP contribution < -0.4 is 16.4 Å². The van der Waals surface area contributed by atoms with E-state index < -0.39 is 0 Å². The van der Waals surface area contributed by atoms with Crippen molar-refractivity contribution < 1.29 is 4.79 Å². The number of benzene rings is 1. The molecule has 0 aromatic heterocycles. The number of carbonyl (C=O) groups excluding carboxylic acids is 1. The highest BCUT2D eigenvalue weighted by atomic mass is 16.2. The Morgan fingerprint density at radius 2 is 2.00 bits per heavy atom. The maximum Gasteiger partial charge on any atom is 0.319 e. The number of hydrogen-bond donors (Lipinski definition) is 4. The van der Waals surface area contributed by atoms with Gasteiger partial charge in [-0.15, -0.1) is 0 Å². The molecule has 0 saturated carbocycles. The molecule has 0 aliphatic carbocycles. The quantitative estimate of drug-likeness (QED) is 0.440. The van der Waals surface area contributed by atoms with Gasteiger partial charge in [0.05, 0.1) is 0 Å². The zero-order chi connectivity index (χ0) is 11.3. The third-order valence-electron chi connectivity index (χ3n) is 1.79. The standard InChI is InChI=1S/C10H14N4O/c1-2-13-10(15)14-8-5-3-7(4-6-8)9(11)12/h3-6H,2H2,1H3,(H3,11,12)(H2,13,14,15). The van der Waals surface area contributed by atoms with Crippen LogP contribution in [0.1, 0.15) is 12.5 Å². The van der Waals surface area contributed by atoms with Crippen LogP contribution >= 0.6 is 0 Å². The molecule has 5 N–H and O–H groups in total. The average Bonchev–Trinajstić information content (AvgIpc) is 2.18. The molecule has 0 radical (unpaired) electrons. The molecule has 1 rings (SSSR count). The lowest BCUT2D eigenvalue weighted by Crippen LogP contribution is -2.28. The van der Waals surface area contributed by atoms with Gasteiger partial charge in [0.15, 0.2) is 0 Å². The highest BCUT2D eigenvalue weighted by Crippen LogP contribution is 2.08. The number of anilines is 1. The lowest BCUT2D eigenvalue weighted by molar-refractivity contribution is 0.252. The molecule has 15 heavy (non-hydrogen) atoms. The van der Waals surface area contributed by atoms with Crippen molar-refractivity contribution in [2.45, 2.75) is 6.92 Å². The van der Waals surface area contributed by atoms with E-state index in [2.05, 4.69) is 10.6 Å². The minimum Gasteiger partial charge on any atom is -0.384 e. The summed E-state index contributed by atoms with van der Waals surface area (Å²) in [6, 6.07) is 6.53. The number of hydrogen-bond acceptors (Lipinski definition) is 2. The summed E-state index contributed by atoms with van der Waals surface area (Å²) in [6.07, 6.45) is 0. The topological polar surface area (TPSA) is 91.0 Å². The highest BCUT2D eigenvalue weighted by molar-refractivity contribution is 5.96. The summed E-state index contributed by atoms with van der Waals surface area (Å²) >= 11 is 0. The Morgan fingerprint density at radius 1 is 1.40 bits per heavy atom. The van der Waals surface area contributed by atoms with Crippen LogP contribution in [0.2, 0.25) is 0 Å². The Labute approximate surface area is 88.2 Å². The molecule has 0 spiro atoms. The molecule has 0 fully saturated rings. The van der Waals surface area contributed by atoms with Gasteiger partial charge in [-0.05, 0) is 31.2 Å². The summed E-state index contributed by atoms with van der Waals surface area (Å²) in [5.74, 6) is 0.0135. The number of carbonyl (C=O) groups is 1. The van der Waals surface area contributed by atoms with Gasteiger partial charge in [-0.2, -0.15) is 0 Å². The maximum absolute atomic E-state index is 11.1. The zero-order valence-corrected chi connectivity index (χ0v) is 8.50. The molecule has 1 aromatic rings. The van der Waals surface area contributed by atoms with Gasteiger partial charge in [0.1, 0.15) is 5.84 Å². The Balaban J connectivity index is 2.64. The van der Waals surface area contributed by atoms with E-state index in [9.17, 15) is 4.79 Å². The van der Waals surface area contributed by atoms with Crippen molar-refractivity contribution in [1.82, 2.24) is 5.32 Å². The minimum atomic E-state index is -0.243. The van der Waals surface area contributed by atoms with Crippen molar-refractivity contribution in [1.29, 1.82) is 5.41 Å². The van der Waals surface area contributed by atoms with Gasteiger partial charge in [-0.3, -0.25) is 5.41 Å². The largest absolute Gasteiger partial charge is 0.384 e. The second-order valence-electron chi connectivity index (χ2n) is 2.98. The molecular weight excluding hydrogens is 192 g/mol. The van der Waals surface area contributed by atoms with Crippen LogP contribution in [0.3, 0.4) is 0 Å². The SMILES string of the molecule is CCNC(=O)Nc1ccc(C(=N)N)cc1. The summed E-state index contributed by atoms with van der Waals surface area (Å²) in [4.78, 5) is 11.1. The molecule has 5 nitrogen and oxygen atoms in total. The Bertz CT molecular complexity index is 358. The van der Waals surface area contributed by atoms with Crippen molar-refractivity contribution in [3.8, 4) is 0 Å². The summed E-state index contributed by atoms with van der Waals surface area (Å²) in [7, 11) is 0. The predicted molar refractivity (Wildman–Crippen MR) is 60.2 cm³/mol. The van der Waals surface area contributed by atoms with E-state index in [-0.39, 0.29) is 11.9 Å². The number of amides is 2. The smallest absolute Gasteiger partial charge is 0.319 e. The van der Waals surface area contributed by atoms with Crippen LogP contribution in [0.25, 0.3) is 0 Å². The summed E-state index contributed by atoms with van der Waals surface area (Å²) in [5.41, 5.74) is 6.60. The molecule has 1 aromatic carbocycles. The van der Waals surface area contributed by atoms with Crippen LogP contribution in [0, 0.1) is 5.41 Å². The molecular formula is C10H14N4O. The number of nitrogens with two attached hydrogens (primary N) is 1. The minimum absolute atomic E-state index is 0.0135. The van der Waals surface area contributed by atoms with Gasteiger partial charge in [0.25, 0.3) is 0 Å². The fraction of sp³-hybridized carbons (Fsp3) is 0.200. The van der Waals surface area contributed by atoms with E-state index >= 15 is 0 Å². The van der Waals surface area contributed by atoms with Gasteiger partial charge in [-0.1, -0.05) is 0 Å². The number of urea groups is 1. The molecule has 0 aliphatic rings. The zero-order valence-electron chi connectivity index (χ0n) is 8.50. The number of rotatable bonds is 3. The van der Waals surface area contributed by atoms with Gasteiger partial charge in [0, 0.05) is 17.8 Å². The number of nitrogens with one attached hydrogen (secondary N) is 3. The first kappa shape index (κ1) is 11.0. The first-order chi connectivity index (χ1) is 7.13. The summed E-state index contributed by atoms with van der Waals surface area (Å²) < 4.78 is 0. The van der Waals surface area contributed by atoms with E-state index in [1.165, 1.54) is 0 Å². The van der Waals surface area contributed by atoms with Crippen molar-refractivity contribution in [3.63, 3.8) is 0 Å². The molecule has 5 heteroatoms. The molecule has 0 unspecified atom stereocenters. The maximum atomic E-state index is 11.1. The van der Waals surface area contributed by atoms with E-state index in [0.29, 0.717) is 17.8 Å². The van der Waals surface area contributed by atoms with Gasteiger partial charge >= 0.3 is 6.03 Å². The third-order valence-corrected chi connectivity index (χ3v) is 1.79. The van der Waals surface area contributed by atoms with Gasteiger partial charge in [-0.25, -0.2) is 4.79 Å². The van der Waals surface area contributed by atoms with E-state index in [1.807, 2.05) is 6.92 Å². The van der Waals surface area contributed by atoms with Crippen LogP contribution in [-0.2, 0) is 0 Å². The van der Waals surface area contributed by atoms with Crippen molar-refractivity contribution in [2.24, 2.45) is 5.73 Å². The fourth-order valence-electron chi connectivity index (χ4n) is 1.07. The molecule has 2 amide bonds. The lowest BCUT2D eigenvalue weighted by atomic mass is 10.2. The molecule has 0 bridgehead atoms. The van der Waals surface area contributed by atoms with Crippen molar-refractivity contribution in [3.05, 3.63) is 29.8 Å². The van der Waals surface area contributed by atoms with Crippen molar-refractivity contribution >= 4 is 17.6 Å². The lowest BCUT2D eigenvalue weighted by Gasteiger charge is -2.06. The van der Waals surface area contributed by atoms with Crippen molar-refractivity contribution in [2.75, 3.05) is 11.9 Å². The Hall–Kier alpha value is -2.04. The van der Waals surface area contributed by atoms with Crippen LogP contribution in [0.4, 0.5) is 10.5 Å². The van der Waals surface area contributed by atoms with E-state index in [0.717, 1.165) is 0 Å². The second kappa shape index (κ2) is 4.99. The fourth-order valence-corrected chi connectivity index (χ4v) is 1.07. The monoisotopic (exact) mass is 206 g/mol. The summed E-state index contributed by atoms with van der Waals surface area (Å²) in [5, 5.41) is 12.5. The molecule has 0 aliphatic heterocycles. The first-order valence-corrected chi connectivity index (χ1v) is 4.62. The third kappa shape index (κ3) is 3.30. The Kier molecular flexibility index (Phi) is 3.68. The first-order valence-electron chi connectivity index (χ1n) is 4.62. The molecule has 0 atom stereocenters. The normalized spacial score (nSPS) is 9.40. The highest BCUT2D eigenvalue weighted by Gasteiger charge is 2.00. The number of nitrogen functional groups attached to an aromatic ring is 1. The van der Waals surface area contributed by atoms with Gasteiger partial charge in [0.2, 0.25) is 0 Å². The van der Waals surface area contributed by atoms with Gasteiger partial charge < -0.3 is 16.4 Å². The van der Waals surface area contributed by atoms with Crippen LogP contribution in [0.5, 0.6) is 0 Å². The predicted octanol–water partition coefficient (Wildman–Crippen LogP) is 1.11. The molecule has 80 valence electrons. The number of amidine groups is 1. The second-order valence-corrected chi connectivity index (χ2v) is 2.98. The van der Waals surface area contributed by atoms with Crippen LogP contribution in [0.15, 0.2) is 24.3 Å². The average molecular weight is 206 g/mol. The van der Waals surface area contributed by atoms with E-state index in [1.54, 1.807) is 24.3 Å². The Morgan fingerprint density at radius 3 is 2.47 bits per heavy atom.